The lowest BCUT2D eigenvalue weighted by Gasteiger charge is -2.23. The van der Waals surface area contributed by atoms with Crippen molar-refractivity contribution in [2.75, 3.05) is 59.8 Å². The van der Waals surface area contributed by atoms with Gasteiger partial charge in [-0.25, -0.2) is 42.5 Å². The monoisotopic (exact) mass is 1360 g/mol. The van der Waals surface area contributed by atoms with E-state index in [1.807, 2.05) is 102 Å². The summed E-state index contributed by atoms with van der Waals surface area (Å²) in [4.78, 5) is 107. The molecule has 0 bridgehead atoms. The fourth-order valence-electron chi connectivity index (χ4n) is 10.9. The number of amides is 3. The molecular weight excluding hydrogens is 1260 g/mol. The van der Waals surface area contributed by atoms with Crippen LogP contribution in [0.5, 0.6) is 11.5 Å². The van der Waals surface area contributed by atoms with E-state index in [-0.39, 0.29) is 90.1 Å². The van der Waals surface area contributed by atoms with E-state index in [9.17, 15) is 48.6 Å². The van der Waals surface area contributed by atoms with Crippen LogP contribution in [0.4, 0.5) is 14.4 Å². The average molecular weight is 1360 g/mol. The molecular formula is C70H96N12O16. The lowest BCUT2D eigenvalue weighted by Crippen LogP contribution is -2.54. The van der Waals surface area contributed by atoms with Gasteiger partial charge < -0.3 is 54.6 Å². The highest BCUT2D eigenvalue weighted by molar-refractivity contribution is 5.75. The zero-order valence-electron chi connectivity index (χ0n) is 57.7. The van der Waals surface area contributed by atoms with E-state index in [1.54, 1.807) is 19.1 Å². The molecule has 0 aliphatic heterocycles. The van der Waals surface area contributed by atoms with Crippen LogP contribution in [0, 0.1) is 0 Å². The number of aromatic nitrogens is 9. The van der Waals surface area contributed by atoms with Gasteiger partial charge in [-0.3, -0.25) is 9.59 Å². The molecule has 0 aliphatic rings. The molecule has 28 nitrogen and oxygen atoms in total. The summed E-state index contributed by atoms with van der Waals surface area (Å²) < 4.78 is 34.7. The maximum Gasteiger partial charge on any atom is 0.407 e. The Morgan fingerprint density at radius 3 is 1.13 bits per heavy atom. The molecule has 0 spiro atoms. The minimum absolute atomic E-state index is 0.0390. The molecule has 0 aliphatic carbocycles. The molecule has 3 aromatic heterocycles. The van der Waals surface area contributed by atoms with Gasteiger partial charge in [0, 0.05) is 70.3 Å². The first-order valence-corrected chi connectivity index (χ1v) is 33.8. The first-order valence-electron chi connectivity index (χ1n) is 33.8. The van der Waals surface area contributed by atoms with Crippen LogP contribution in [0.25, 0.3) is 33.4 Å². The molecule has 1 unspecified atom stereocenters. The lowest BCUT2D eigenvalue weighted by molar-refractivity contribution is -0.145. The zero-order chi connectivity index (χ0) is 70.8. The fourth-order valence-corrected chi connectivity index (χ4v) is 10.9. The smallest absolute Gasteiger partial charge is 0.407 e. The summed E-state index contributed by atoms with van der Waals surface area (Å²) >= 11 is 0. The largest absolute Gasteiger partial charge is 0.505 e. The van der Waals surface area contributed by atoms with Gasteiger partial charge >= 0.3 is 47.3 Å². The van der Waals surface area contributed by atoms with Crippen molar-refractivity contribution in [3.63, 3.8) is 0 Å². The van der Waals surface area contributed by atoms with Crippen molar-refractivity contribution >= 4 is 52.3 Å². The molecule has 5 N–H and O–H groups in total. The number of hydrogen-bond acceptors (Lipinski definition) is 20. The second-order valence-corrected chi connectivity index (χ2v) is 26.2. The summed E-state index contributed by atoms with van der Waals surface area (Å²) in [7, 11) is 1.52. The Morgan fingerprint density at radius 1 is 0.469 bits per heavy atom. The number of nitrogens with zero attached hydrogens (tertiary/aromatic N) is 9. The SMILES string of the molecule is COCC(C)OC(=O)NCCCCCCn1c(=O)n(CCCCCCNC(=O)OCCOC(=O)CCc2cc(-n3nc4ccccc4n3)c(O)c(C(C)(C)C)c2)c(=O)n(CCCCCCNC(=O)OCCOC(=O)CCc2cc(-n3nc4ccccc4n3)c(O)c(C(C)(C)C)c2)c1=O. The molecule has 1 atom stereocenters. The van der Waals surface area contributed by atoms with Crippen LogP contribution < -0.4 is 33.0 Å². The molecule has 98 heavy (non-hydrogen) atoms. The van der Waals surface area contributed by atoms with E-state index < -0.39 is 64.2 Å². The van der Waals surface area contributed by atoms with Gasteiger partial charge in [-0.05, 0) is 117 Å². The third kappa shape index (κ3) is 23.0. The quantitative estimate of drug-likeness (QED) is 0.0137. The van der Waals surface area contributed by atoms with E-state index in [0.717, 1.165) is 24.8 Å². The maximum atomic E-state index is 13.8. The van der Waals surface area contributed by atoms with Crippen LogP contribution in [0.1, 0.15) is 161 Å². The van der Waals surface area contributed by atoms with Crippen LogP contribution in [-0.4, -0.2) is 150 Å². The lowest BCUT2D eigenvalue weighted by atomic mass is 9.84. The van der Waals surface area contributed by atoms with E-state index in [2.05, 4.69) is 36.3 Å². The summed E-state index contributed by atoms with van der Waals surface area (Å²) in [5, 5.41) is 48.8. The number of aryl methyl sites for hydroxylation is 2. The highest BCUT2D eigenvalue weighted by Crippen LogP contribution is 2.38. The Bertz CT molecular complexity index is 3690. The van der Waals surface area contributed by atoms with Crippen molar-refractivity contribution < 1.29 is 62.6 Å². The first-order chi connectivity index (χ1) is 46.9. The van der Waals surface area contributed by atoms with Crippen LogP contribution in [0.15, 0.2) is 87.2 Å². The third-order valence-corrected chi connectivity index (χ3v) is 16.1. The number of aromatic hydroxyl groups is 2. The number of phenolic OH excluding ortho intramolecular Hbond substituents is 2. The van der Waals surface area contributed by atoms with E-state index in [0.29, 0.717) is 141 Å². The Balaban J connectivity index is 0.796. The highest BCUT2D eigenvalue weighted by atomic mass is 16.6. The fraction of sp³-hybridized carbons (Fsp3) is 0.543. The molecule has 28 heteroatoms. The number of esters is 2. The van der Waals surface area contributed by atoms with Crippen LogP contribution in [0.2, 0.25) is 0 Å². The molecule has 0 fully saturated rings. The van der Waals surface area contributed by atoms with E-state index in [4.69, 9.17) is 28.4 Å². The molecule has 3 heterocycles. The van der Waals surface area contributed by atoms with Crippen molar-refractivity contribution in [3.8, 4) is 22.9 Å². The van der Waals surface area contributed by atoms with Gasteiger partial charge in [0.05, 0.1) is 6.61 Å². The number of ether oxygens (including phenoxy) is 6. The normalized spacial score (nSPS) is 12.0. The number of unbranched alkanes of at least 4 members (excludes halogenated alkanes) is 9. The predicted molar refractivity (Wildman–Crippen MR) is 366 cm³/mol. The first kappa shape index (κ1) is 75.8. The number of fused-ring (bicyclic) bond motifs is 2. The molecule has 4 aromatic carbocycles. The van der Waals surface area contributed by atoms with Gasteiger partial charge in [-0.2, -0.15) is 0 Å². The summed E-state index contributed by atoms with van der Waals surface area (Å²) in [6.07, 6.45) is 5.40. The van der Waals surface area contributed by atoms with Crippen molar-refractivity contribution in [2.45, 2.75) is 188 Å². The molecule has 0 radical (unpaired) electrons. The summed E-state index contributed by atoms with van der Waals surface area (Å²) in [5.41, 5.74) is 3.47. The number of rotatable bonds is 38. The molecule has 0 saturated heterocycles. The van der Waals surface area contributed by atoms with Crippen LogP contribution in [0.3, 0.4) is 0 Å². The topological polar surface area (TPSA) is 345 Å². The van der Waals surface area contributed by atoms with Crippen molar-refractivity contribution in [1.29, 1.82) is 0 Å². The zero-order valence-corrected chi connectivity index (χ0v) is 57.7. The van der Waals surface area contributed by atoms with Gasteiger partial charge in [-0.1, -0.05) is 116 Å². The van der Waals surface area contributed by atoms with Gasteiger partial charge in [0.2, 0.25) is 0 Å². The molecule has 7 rings (SSSR count). The van der Waals surface area contributed by atoms with Gasteiger partial charge in [0.15, 0.2) is 0 Å². The Morgan fingerprint density at radius 2 is 0.796 bits per heavy atom. The van der Waals surface area contributed by atoms with Crippen molar-refractivity contribution in [3.05, 3.63) is 127 Å². The summed E-state index contributed by atoms with van der Waals surface area (Å²) in [6, 6.07) is 22.0. The van der Waals surface area contributed by atoms with E-state index in [1.165, 1.54) is 16.7 Å². The number of hydrogen-bond donors (Lipinski definition) is 5. The molecule has 532 valence electrons. The molecule has 7 aromatic rings. The Labute approximate surface area is 569 Å². The summed E-state index contributed by atoms with van der Waals surface area (Å²) in [6.45, 7) is 14.4. The number of nitrogens with one attached hydrogen (secondary N) is 3. The number of alkyl carbamates (subject to hydrolysis) is 3. The number of carbonyl (C=O) groups is 5. The van der Waals surface area contributed by atoms with Gasteiger partial charge in [0.25, 0.3) is 0 Å². The Kier molecular flexibility index (Phi) is 28.8. The maximum absolute atomic E-state index is 13.8. The van der Waals surface area contributed by atoms with Crippen LogP contribution >= 0.6 is 0 Å². The minimum atomic E-state index is -0.697. The van der Waals surface area contributed by atoms with Crippen LogP contribution in [-0.2, 0) is 81.3 Å². The molecule has 0 saturated carbocycles. The number of phenols is 2. The second-order valence-electron chi connectivity index (χ2n) is 26.2. The standard InChI is InChI=1S/C70H96N12O16/c1-48(47-93-8)98-65(89)73-35-21-11-14-24-38-80-67(91)78(36-22-12-9-19-33-71-63(87)96-41-39-94-59(83)31-29-49-43-51(69(2,3)4)61(85)57(45-49)81-74-53-25-15-16-26-54(53)75-81)66(90)79(68(80)92)37-23-13-10-20-34-72-64(88)97-42-40-95-60(84)32-30-50-44-52(70(5,6)7)62(86)58(46-50)82-76-55-27-17-18-28-56(55)77-82/h15-18,25-28,43-46,48,85-86H,9-14,19-24,29-42,47H2,1-8H3,(H,71,87)(H,72,88)(H,73,89). The minimum Gasteiger partial charge on any atom is -0.505 e. The second kappa shape index (κ2) is 37.2. The van der Waals surface area contributed by atoms with Crippen molar-refractivity contribution in [1.82, 2.24) is 59.6 Å². The van der Waals surface area contributed by atoms with E-state index >= 15 is 0 Å². The average Bonchev–Trinajstić information content (AvgIpc) is 1.27. The number of benzene rings is 4. The predicted octanol–water partition coefficient (Wildman–Crippen LogP) is 8.89. The Hall–Kier alpha value is -9.60. The van der Waals surface area contributed by atoms with Crippen molar-refractivity contribution in [2.24, 2.45) is 0 Å². The number of methoxy groups -OCH3 is 1. The number of carbonyl (C=O) groups excluding carboxylic acids is 5. The molecule has 3 amide bonds. The van der Waals surface area contributed by atoms with Gasteiger partial charge in [-0.15, -0.1) is 30.0 Å². The highest BCUT2D eigenvalue weighted by Gasteiger charge is 2.26. The summed E-state index contributed by atoms with van der Waals surface area (Å²) in [5.74, 6) is -0.871. The van der Waals surface area contributed by atoms with Gasteiger partial charge in [0.1, 0.15) is 77.5 Å². The third-order valence-electron chi connectivity index (χ3n) is 16.1.